The Morgan fingerprint density at radius 3 is 2.54 bits per heavy atom. The Hall–Kier alpha value is -4.56. The number of hydrazone groups is 1. The zero-order valence-electron chi connectivity index (χ0n) is 20.0. The number of carbonyl (C=O) groups is 1. The minimum atomic E-state index is -0.583. The molecule has 0 aliphatic carbocycles. The Bertz CT molecular complexity index is 1820. The number of rotatable bonds is 5. The van der Waals surface area contributed by atoms with Crippen molar-refractivity contribution >= 4 is 45.5 Å². The molecule has 9 heteroatoms. The minimum absolute atomic E-state index is 0.135. The number of nitrogens with one attached hydrogen (secondary N) is 1. The summed E-state index contributed by atoms with van der Waals surface area (Å²) in [5.41, 5.74) is 5.44. The van der Waals surface area contributed by atoms with Crippen LogP contribution in [0.4, 0.5) is 0 Å². The summed E-state index contributed by atoms with van der Waals surface area (Å²) in [5.74, 6) is -0.583. The van der Waals surface area contributed by atoms with Gasteiger partial charge in [0.1, 0.15) is 18.4 Å². The monoisotopic (exact) mass is 512 g/mol. The molecule has 8 nitrogen and oxygen atoms in total. The van der Waals surface area contributed by atoms with Crippen LogP contribution in [0, 0.1) is 13.8 Å². The lowest BCUT2D eigenvalue weighted by molar-refractivity contribution is -0.121. The zero-order chi connectivity index (χ0) is 26.1. The molecule has 0 fully saturated rings. The van der Waals surface area contributed by atoms with E-state index in [0.29, 0.717) is 32.5 Å². The van der Waals surface area contributed by atoms with Gasteiger partial charge in [-0.25, -0.2) is 10.1 Å². The first-order valence-corrected chi connectivity index (χ1v) is 11.8. The van der Waals surface area contributed by atoms with Crippen LogP contribution in [0.25, 0.3) is 33.0 Å². The van der Waals surface area contributed by atoms with E-state index in [9.17, 15) is 14.4 Å². The van der Waals surface area contributed by atoms with Gasteiger partial charge >= 0.3 is 0 Å². The number of nitrogens with zero attached hydrogens (tertiary/aromatic N) is 3. The summed E-state index contributed by atoms with van der Waals surface area (Å²) >= 11 is 6.14. The van der Waals surface area contributed by atoms with Gasteiger partial charge in [0.25, 0.3) is 11.5 Å². The second-order valence-electron chi connectivity index (χ2n) is 8.63. The summed E-state index contributed by atoms with van der Waals surface area (Å²) in [5, 5.41) is 10.3. The molecule has 0 aliphatic heterocycles. The molecule has 0 radical (unpaired) electrons. The van der Waals surface area contributed by atoms with Crippen LogP contribution in [0.1, 0.15) is 16.7 Å². The van der Waals surface area contributed by atoms with Gasteiger partial charge < -0.3 is 4.42 Å². The van der Waals surface area contributed by atoms with Crippen LogP contribution in [0.15, 0.2) is 86.0 Å². The Morgan fingerprint density at radius 2 is 1.78 bits per heavy atom. The molecule has 5 rings (SSSR count). The van der Waals surface area contributed by atoms with Crippen LogP contribution < -0.4 is 16.4 Å². The van der Waals surface area contributed by atoms with Crippen molar-refractivity contribution < 1.29 is 9.21 Å². The van der Waals surface area contributed by atoms with Gasteiger partial charge in [-0.1, -0.05) is 59.6 Å². The first-order chi connectivity index (χ1) is 17.8. The number of amides is 1. The van der Waals surface area contributed by atoms with Crippen molar-refractivity contribution in [2.45, 2.75) is 20.4 Å². The highest BCUT2D eigenvalue weighted by atomic mass is 35.5. The normalized spacial score (nSPS) is 11.4. The lowest BCUT2D eigenvalue weighted by Gasteiger charge is -2.11. The van der Waals surface area contributed by atoms with Crippen LogP contribution in [0.2, 0.25) is 5.02 Å². The molecular formula is C28H21ClN4O4. The van der Waals surface area contributed by atoms with E-state index < -0.39 is 11.5 Å². The lowest BCUT2D eigenvalue weighted by Crippen LogP contribution is -2.32. The highest BCUT2D eigenvalue weighted by molar-refractivity contribution is 6.32. The number of fused-ring (bicyclic) bond motifs is 2. The van der Waals surface area contributed by atoms with Crippen molar-refractivity contribution in [2.75, 3.05) is 0 Å². The lowest BCUT2D eigenvalue weighted by atomic mass is 10.0. The fourth-order valence-electron chi connectivity index (χ4n) is 3.97. The molecule has 184 valence electrons. The third kappa shape index (κ3) is 4.79. The van der Waals surface area contributed by atoms with Crippen LogP contribution in [0.5, 0.6) is 0 Å². The maximum absolute atomic E-state index is 13.0. The molecule has 0 aliphatic rings. The third-order valence-electron chi connectivity index (χ3n) is 5.96. The van der Waals surface area contributed by atoms with Crippen molar-refractivity contribution in [3.05, 3.63) is 109 Å². The maximum Gasteiger partial charge on any atom is 0.275 e. The molecule has 0 saturated heterocycles. The fraction of sp³-hybridized carbons (Fsp3) is 0.107. The second kappa shape index (κ2) is 9.83. The number of aromatic nitrogens is 2. The van der Waals surface area contributed by atoms with Crippen molar-refractivity contribution in [1.82, 2.24) is 15.2 Å². The van der Waals surface area contributed by atoms with Gasteiger partial charge in [-0.05, 0) is 37.6 Å². The molecule has 1 N–H and O–H groups in total. The molecule has 0 spiro atoms. The number of hydrogen-bond acceptors (Lipinski definition) is 6. The number of aryl methyl sites for hydroxylation is 2. The number of carbonyl (C=O) groups excluding carboxylic acids is 1. The van der Waals surface area contributed by atoms with E-state index >= 15 is 0 Å². The smallest absolute Gasteiger partial charge is 0.275 e. The van der Waals surface area contributed by atoms with E-state index in [4.69, 9.17) is 16.0 Å². The minimum Gasteiger partial charge on any atom is -0.463 e. The van der Waals surface area contributed by atoms with Crippen LogP contribution >= 0.6 is 11.6 Å². The number of hydrogen-bond donors (Lipinski definition) is 1. The highest BCUT2D eigenvalue weighted by Crippen LogP contribution is 2.25. The maximum atomic E-state index is 13.0. The summed E-state index contributed by atoms with van der Waals surface area (Å²) in [6.45, 7) is 3.44. The average molecular weight is 513 g/mol. The van der Waals surface area contributed by atoms with E-state index in [1.54, 1.807) is 18.2 Å². The topological polar surface area (TPSA) is 107 Å². The first kappa shape index (κ1) is 24.1. The molecule has 0 atom stereocenters. The highest BCUT2D eigenvalue weighted by Gasteiger charge is 2.14. The predicted octanol–water partition coefficient (Wildman–Crippen LogP) is 4.59. The van der Waals surface area contributed by atoms with Gasteiger partial charge in [-0.3, -0.25) is 14.4 Å². The van der Waals surface area contributed by atoms with Gasteiger partial charge in [-0.15, -0.1) is 0 Å². The van der Waals surface area contributed by atoms with Crippen LogP contribution in [-0.2, 0) is 11.3 Å². The van der Waals surface area contributed by atoms with Gasteiger partial charge in [0.15, 0.2) is 0 Å². The predicted molar refractivity (Wildman–Crippen MR) is 144 cm³/mol. The largest absolute Gasteiger partial charge is 0.463 e. The molecule has 2 aromatic heterocycles. The van der Waals surface area contributed by atoms with Crippen LogP contribution in [0.3, 0.4) is 0 Å². The summed E-state index contributed by atoms with van der Waals surface area (Å²) in [7, 11) is 0. The van der Waals surface area contributed by atoms with E-state index in [1.165, 1.54) is 18.5 Å². The summed E-state index contributed by atoms with van der Waals surface area (Å²) in [4.78, 5) is 38.4. The number of benzene rings is 3. The number of halogens is 1. The van der Waals surface area contributed by atoms with Crippen LogP contribution in [-0.4, -0.2) is 21.9 Å². The van der Waals surface area contributed by atoms with Gasteiger partial charge in [-0.2, -0.15) is 10.2 Å². The zero-order valence-corrected chi connectivity index (χ0v) is 20.7. The van der Waals surface area contributed by atoms with Crippen molar-refractivity contribution in [3.8, 4) is 11.3 Å². The van der Waals surface area contributed by atoms with E-state index in [-0.39, 0.29) is 17.5 Å². The fourth-order valence-corrected chi connectivity index (χ4v) is 4.13. The summed E-state index contributed by atoms with van der Waals surface area (Å²) in [6, 6.07) is 18.1. The molecular weight excluding hydrogens is 492 g/mol. The quantitative estimate of drug-likeness (QED) is 0.274. The molecule has 1 amide bonds. The van der Waals surface area contributed by atoms with E-state index in [2.05, 4.69) is 15.6 Å². The van der Waals surface area contributed by atoms with Crippen molar-refractivity contribution in [3.63, 3.8) is 0 Å². The van der Waals surface area contributed by atoms with Gasteiger partial charge in [0, 0.05) is 16.0 Å². The Labute approximate surface area is 215 Å². The summed E-state index contributed by atoms with van der Waals surface area (Å²) < 4.78 is 6.62. The Balaban J connectivity index is 1.41. The SMILES string of the molecule is Cc1ccc(-c2nn(CC(=O)N/N=C/c3coc4cc(C)c(Cl)cc4c3=O)c(=O)c3ccccc23)cc1. The van der Waals surface area contributed by atoms with Crippen molar-refractivity contribution in [1.29, 1.82) is 0 Å². The molecule has 2 heterocycles. The molecule has 0 bridgehead atoms. The average Bonchev–Trinajstić information content (AvgIpc) is 2.89. The standard InChI is InChI=1S/C28H21ClN4O4/c1-16-7-9-18(10-8-16)26-20-5-3-4-6-21(20)28(36)33(32-26)14-25(34)31-30-13-19-15-37-24-11-17(2)23(29)12-22(24)27(19)35/h3-13,15H,14H2,1-2H3,(H,31,34)/b30-13+. The van der Waals surface area contributed by atoms with Gasteiger partial charge in [0.2, 0.25) is 5.43 Å². The molecule has 37 heavy (non-hydrogen) atoms. The first-order valence-electron chi connectivity index (χ1n) is 11.4. The molecule has 0 unspecified atom stereocenters. The Kier molecular flexibility index (Phi) is 6.42. The van der Waals surface area contributed by atoms with Gasteiger partial charge in [0.05, 0.1) is 28.2 Å². The third-order valence-corrected chi connectivity index (χ3v) is 6.37. The van der Waals surface area contributed by atoms with Crippen molar-refractivity contribution in [2.24, 2.45) is 5.10 Å². The van der Waals surface area contributed by atoms with E-state index in [1.807, 2.05) is 50.2 Å². The molecule has 5 aromatic rings. The Morgan fingerprint density at radius 1 is 1.05 bits per heavy atom. The second-order valence-corrected chi connectivity index (χ2v) is 9.04. The molecule has 3 aromatic carbocycles. The molecule has 0 saturated carbocycles. The van der Waals surface area contributed by atoms with E-state index in [0.717, 1.165) is 21.4 Å². The summed E-state index contributed by atoms with van der Waals surface area (Å²) in [6.07, 6.45) is 2.45.